The Kier molecular flexibility index (Phi) is 6.26. The van der Waals surface area contributed by atoms with Gasteiger partial charge in [-0.25, -0.2) is 4.79 Å². The molecule has 164 valence electrons. The van der Waals surface area contributed by atoms with E-state index in [1.165, 1.54) is 11.1 Å². The van der Waals surface area contributed by atoms with Crippen molar-refractivity contribution in [1.82, 2.24) is 4.90 Å². The number of benzene rings is 3. The van der Waals surface area contributed by atoms with Gasteiger partial charge in [-0.2, -0.15) is 0 Å². The second kappa shape index (κ2) is 9.27. The number of aryl methyl sites for hydroxylation is 3. The van der Waals surface area contributed by atoms with Crippen molar-refractivity contribution < 1.29 is 9.59 Å². The molecule has 3 aromatic carbocycles. The van der Waals surface area contributed by atoms with Gasteiger partial charge in [-0.1, -0.05) is 35.9 Å². The van der Waals surface area contributed by atoms with Gasteiger partial charge in [0.2, 0.25) is 0 Å². The average Bonchev–Trinajstić information content (AvgIpc) is 2.78. The summed E-state index contributed by atoms with van der Waals surface area (Å²) < 4.78 is 0. The summed E-state index contributed by atoms with van der Waals surface area (Å²) >= 11 is 0. The van der Waals surface area contributed by atoms with Gasteiger partial charge in [-0.3, -0.25) is 9.69 Å². The zero-order valence-corrected chi connectivity index (χ0v) is 18.9. The molecule has 0 radical (unpaired) electrons. The third-order valence-corrected chi connectivity index (χ3v) is 5.97. The number of nitrogens with one attached hydrogen (secondary N) is 1. The molecule has 5 nitrogen and oxygen atoms in total. The van der Waals surface area contributed by atoms with Gasteiger partial charge in [0.05, 0.1) is 0 Å². The Bertz CT molecular complexity index is 1140. The van der Waals surface area contributed by atoms with Gasteiger partial charge >= 0.3 is 6.03 Å². The first-order valence-electron chi connectivity index (χ1n) is 11.0. The first-order valence-corrected chi connectivity index (χ1v) is 11.0. The van der Waals surface area contributed by atoms with E-state index in [9.17, 15) is 9.59 Å². The van der Waals surface area contributed by atoms with Crippen LogP contribution in [0.25, 0.3) is 0 Å². The van der Waals surface area contributed by atoms with Crippen LogP contribution < -0.4 is 10.2 Å². The molecule has 1 aliphatic heterocycles. The van der Waals surface area contributed by atoms with Gasteiger partial charge < -0.3 is 10.2 Å². The third kappa shape index (κ3) is 4.83. The summed E-state index contributed by atoms with van der Waals surface area (Å²) in [6.45, 7) is 8.16. The van der Waals surface area contributed by atoms with Gasteiger partial charge in [0.25, 0.3) is 5.91 Å². The van der Waals surface area contributed by atoms with Crippen LogP contribution in [0.15, 0.2) is 66.7 Å². The second-order valence-electron chi connectivity index (χ2n) is 8.50. The number of nitrogens with zero attached hydrogens (tertiary/aromatic N) is 2. The summed E-state index contributed by atoms with van der Waals surface area (Å²) in [6, 6.07) is 21.4. The first-order chi connectivity index (χ1) is 15.4. The highest BCUT2D eigenvalue weighted by atomic mass is 16.2. The van der Waals surface area contributed by atoms with E-state index in [0.29, 0.717) is 18.7 Å². The van der Waals surface area contributed by atoms with E-state index in [2.05, 4.69) is 30.4 Å². The molecule has 1 heterocycles. The summed E-state index contributed by atoms with van der Waals surface area (Å²) in [5.74, 6) is -0.161. The highest BCUT2D eigenvalue weighted by Gasteiger charge is 2.27. The van der Waals surface area contributed by atoms with Crippen LogP contribution in [0.1, 0.15) is 39.0 Å². The summed E-state index contributed by atoms with van der Waals surface area (Å²) in [4.78, 5) is 29.4. The highest BCUT2D eigenvalue weighted by molar-refractivity contribution is 6.04. The predicted molar refractivity (Wildman–Crippen MR) is 129 cm³/mol. The lowest BCUT2D eigenvalue weighted by Gasteiger charge is -2.35. The van der Waals surface area contributed by atoms with E-state index in [1.807, 2.05) is 55.1 Å². The zero-order chi connectivity index (χ0) is 22.7. The Morgan fingerprint density at radius 1 is 0.906 bits per heavy atom. The molecule has 0 atom stereocenters. The van der Waals surface area contributed by atoms with E-state index in [1.54, 1.807) is 17.0 Å². The molecule has 0 spiro atoms. The normalized spacial score (nSPS) is 13.9. The quantitative estimate of drug-likeness (QED) is 0.568. The van der Waals surface area contributed by atoms with Crippen molar-refractivity contribution in [2.45, 2.75) is 33.7 Å². The third-order valence-electron chi connectivity index (χ3n) is 5.97. The molecule has 1 N–H and O–H groups in total. The lowest BCUT2D eigenvalue weighted by molar-refractivity contribution is 0.102. The van der Waals surface area contributed by atoms with Gasteiger partial charge in [0.1, 0.15) is 0 Å². The number of urea groups is 1. The van der Waals surface area contributed by atoms with Gasteiger partial charge in [-0.05, 0) is 80.3 Å². The second-order valence-corrected chi connectivity index (χ2v) is 8.50. The molecule has 0 aromatic heterocycles. The van der Waals surface area contributed by atoms with Crippen LogP contribution in [0.5, 0.6) is 0 Å². The monoisotopic (exact) mass is 427 g/mol. The number of hydrogen-bond acceptors (Lipinski definition) is 2. The SMILES string of the molecule is Cc1cccc(CN2CCCN(c3ccc(C(=O)Nc4ccc(C)c(C)c4)cc3)C2=O)c1. The molecule has 1 saturated heterocycles. The Labute approximate surface area is 189 Å². The topological polar surface area (TPSA) is 52.6 Å². The van der Waals surface area contributed by atoms with Gasteiger partial charge in [-0.15, -0.1) is 0 Å². The fraction of sp³-hybridized carbons (Fsp3) is 0.259. The minimum Gasteiger partial charge on any atom is -0.322 e. The number of anilines is 2. The lowest BCUT2D eigenvalue weighted by Crippen LogP contribution is -2.49. The van der Waals surface area contributed by atoms with Gasteiger partial charge in [0, 0.05) is 36.6 Å². The molecular formula is C27H29N3O2. The average molecular weight is 428 g/mol. The van der Waals surface area contributed by atoms with E-state index < -0.39 is 0 Å². The van der Waals surface area contributed by atoms with Crippen LogP contribution in [0.3, 0.4) is 0 Å². The molecule has 0 saturated carbocycles. The number of rotatable bonds is 5. The van der Waals surface area contributed by atoms with Crippen molar-refractivity contribution in [3.63, 3.8) is 0 Å². The van der Waals surface area contributed by atoms with Crippen molar-refractivity contribution in [3.05, 3.63) is 94.5 Å². The molecule has 0 bridgehead atoms. The van der Waals surface area contributed by atoms with Crippen LogP contribution in [0.2, 0.25) is 0 Å². The number of carbonyl (C=O) groups is 2. The summed E-state index contributed by atoms with van der Waals surface area (Å²) in [6.07, 6.45) is 0.909. The maximum Gasteiger partial charge on any atom is 0.324 e. The molecule has 4 rings (SSSR count). The molecular weight excluding hydrogens is 398 g/mol. The molecule has 32 heavy (non-hydrogen) atoms. The van der Waals surface area contributed by atoms with Gasteiger partial charge in [0.15, 0.2) is 0 Å². The molecule has 5 heteroatoms. The Balaban J connectivity index is 1.43. The smallest absolute Gasteiger partial charge is 0.322 e. The van der Waals surface area contributed by atoms with E-state index >= 15 is 0 Å². The fourth-order valence-electron chi connectivity index (χ4n) is 4.01. The van der Waals surface area contributed by atoms with E-state index in [4.69, 9.17) is 0 Å². The Hall–Kier alpha value is -3.60. The maximum absolute atomic E-state index is 13.1. The van der Waals surface area contributed by atoms with Crippen LogP contribution in [-0.4, -0.2) is 29.9 Å². The molecule has 3 amide bonds. The summed E-state index contributed by atoms with van der Waals surface area (Å²) in [5.41, 5.74) is 6.81. The lowest BCUT2D eigenvalue weighted by atomic mass is 10.1. The fourth-order valence-corrected chi connectivity index (χ4v) is 4.01. The molecule has 3 aromatic rings. The van der Waals surface area contributed by atoms with Crippen LogP contribution in [0.4, 0.5) is 16.2 Å². The molecule has 0 aliphatic carbocycles. The van der Waals surface area contributed by atoms with Crippen molar-refractivity contribution in [1.29, 1.82) is 0 Å². The zero-order valence-electron chi connectivity index (χ0n) is 18.9. The maximum atomic E-state index is 13.1. The first kappa shape index (κ1) is 21.6. The van der Waals surface area contributed by atoms with E-state index in [0.717, 1.165) is 35.5 Å². The van der Waals surface area contributed by atoms with Crippen LogP contribution in [-0.2, 0) is 6.54 Å². The van der Waals surface area contributed by atoms with E-state index in [-0.39, 0.29) is 11.9 Å². The number of hydrogen-bond donors (Lipinski definition) is 1. The van der Waals surface area contributed by atoms with Crippen LogP contribution in [0, 0.1) is 20.8 Å². The molecule has 1 aliphatic rings. The predicted octanol–water partition coefficient (Wildman–Crippen LogP) is 5.70. The Morgan fingerprint density at radius 2 is 1.69 bits per heavy atom. The van der Waals surface area contributed by atoms with Crippen molar-refractivity contribution in [2.24, 2.45) is 0 Å². The minimum atomic E-state index is -0.161. The van der Waals surface area contributed by atoms with Crippen LogP contribution >= 0.6 is 0 Å². The molecule has 1 fully saturated rings. The highest BCUT2D eigenvalue weighted by Crippen LogP contribution is 2.23. The summed E-state index contributed by atoms with van der Waals surface area (Å²) in [5, 5.41) is 2.95. The largest absolute Gasteiger partial charge is 0.324 e. The van der Waals surface area contributed by atoms with Crippen molar-refractivity contribution in [2.75, 3.05) is 23.3 Å². The van der Waals surface area contributed by atoms with Crippen molar-refractivity contribution >= 4 is 23.3 Å². The Morgan fingerprint density at radius 3 is 2.41 bits per heavy atom. The standard InChI is InChI=1S/C27H29N3O2/c1-19-6-4-7-22(16-19)18-29-14-5-15-30(27(29)32)25-12-9-23(10-13-25)26(31)28-24-11-8-20(2)21(3)17-24/h4,6-13,16-17H,5,14-15,18H2,1-3H3,(H,28,31). The number of carbonyl (C=O) groups excluding carboxylic acids is 2. The number of amides is 3. The minimum absolute atomic E-state index is 0.00471. The van der Waals surface area contributed by atoms with Crippen molar-refractivity contribution in [3.8, 4) is 0 Å². The molecule has 0 unspecified atom stereocenters. The summed E-state index contributed by atoms with van der Waals surface area (Å²) in [7, 11) is 0.